The van der Waals surface area contributed by atoms with Gasteiger partial charge in [-0.15, -0.1) is 0 Å². The molecule has 66 valence electrons. The monoisotopic (exact) mass is 167 g/mol. The second-order valence-corrected chi connectivity index (χ2v) is 3.33. The van der Waals surface area contributed by atoms with Gasteiger partial charge in [0.2, 0.25) is 5.89 Å². The van der Waals surface area contributed by atoms with Gasteiger partial charge in [-0.25, -0.2) is 0 Å². The van der Waals surface area contributed by atoms with Gasteiger partial charge in [0.1, 0.15) is 0 Å². The van der Waals surface area contributed by atoms with E-state index in [1.807, 2.05) is 0 Å². The Labute approximate surface area is 71.6 Å². The van der Waals surface area contributed by atoms with Crippen LogP contribution in [0, 0.1) is 0 Å². The van der Waals surface area contributed by atoms with Crippen molar-refractivity contribution < 1.29 is 4.52 Å². The minimum atomic E-state index is 0.712. The zero-order valence-electron chi connectivity index (χ0n) is 7.23. The number of hydrogen-bond donors (Lipinski definition) is 0. The largest absolute Gasteiger partial charge is 0.338 e. The van der Waals surface area contributed by atoms with Gasteiger partial charge in [-0.3, -0.25) is 4.90 Å². The van der Waals surface area contributed by atoms with Crippen molar-refractivity contribution in [3.63, 3.8) is 0 Å². The molecular formula is C8H13N3O. The van der Waals surface area contributed by atoms with Crippen LogP contribution < -0.4 is 0 Å². The van der Waals surface area contributed by atoms with Gasteiger partial charge in [0.25, 0.3) is 0 Å². The van der Waals surface area contributed by atoms with E-state index in [4.69, 9.17) is 4.52 Å². The van der Waals surface area contributed by atoms with Gasteiger partial charge in [0.05, 0.1) is 6.54 Å². The predicted molar refractivity (Wildman–Crippen MR) is 43.4 cm³/mol. The third kappa shape index (κ3) is 1.48. The topological polar surface area (TPSA) is 42.2 Å². The highest BCUT2D eigenvalue weighted by Gasteiger charge is 2.22. The molecule has 1 fully saturated rings. The molecule has 0 N–H and O–H groups in total. The minimum Gasteiger partial charge on any atom is -0.338 e. The molecule has 1 aromatic heterocycles. The molecule has 1 aliphatic carbocycles. The minimum absolute atomic E-state index is 0.712. The van der Waals surface area contributed by atoms with Crippen LogP contribution in [0.2, 0.25) is 0 Å². The summed E-state index contributed by atoms with van der Waals surface area (Å²) in [4.78, 5) is 6.25. The van der Waals surface area contributed by atoms with Crippen molar-refractivity contribution in [2.24, 2.45) is 0 Å². The Morgan fingerprint density at radius 1 is 1.67 bits per heavy atom. The van der Waals surface area contributed by atoms with Gasteiger partial charge >= 0.3 is 0 Å². The third-order valence-electron chi connectivity index (χ3n) is 2.49. The Bertz CT molecular complexity index is 230. The predicted octanol–water partition coefficient (Wildman–Crippen LogP) is 1.05. The summed E-state index contributed by atoms with van der Waals surface area (Å²) in [5.74, 6) is 0.712. The first-order chi connectivity index (χ1) is 5.86. The molecule has 1 aromatic rings. The molecule has 1 saturated carbocycles. The van der Waals surface area contributed by atoms with Crippen LogP contribution >= 0.6 is 0 Å². The first-order valence-corrected chi connectivity index (χ1v) is 4.32. The third-order valence-corrected chi connectivity index (χ3v) is 2.49. The summed E-state index contributed by atoms with van der Waals surface area (Å²) in [6, 6.07) is 0.733. The zero-order valence-corrected chi connectivity index (χ0v) is 7.23. The smallest absolute Gasteiger partial charge is 0.240 e. The number of hydrogen-bond acceptors (Lipinski definition) is 4. The van der Waals surface area contributed by atoms with E-state index in [9.17, 15) is 0 Å². The number of rotatable bonds is 3. The first kappa shape index (κ1) is 7.73. The van der Waals surface area contributed by atoms with Crippen molar-refractivity contribution in [2.75, 3.05) is 7.05 Å². The van der Waals surface area contributed by atoms with E-state index in [-0.39, 0.29) is 0 Å². The molecule has 0 aliphatic heterocycles. The van der Waals surface area contributed by atoms with Crippen LogP contribution in [0.3, 0.4) is 0 Å². The molecule has 0 unspecified atom stereocenters. The van der Waals surface area contributed by atoms with E-state index in [0.717, 1.165) is 12.6 Å². The lowest BCUT2D eigenvalue weighted by Gasteiger charge is -2.33. The van der Waals surface area contributed by atoms with Crippen LogP contribution in [0.15, 0.2) is 10.9 Å². The lowest BCUT2D eigenvalue weighted by atomic mass is 9.92. The Kier molecular flexibility index (Phi) is 2.08. The molecule has 0 amide bonds. The maximum Gasteiger partial charge on any atom is 0.240 e. The molecule has 0 saturated heterocycles. The van der Waals surface area contributed by atoms with E-state index in [1.165, 1.54) is 25.6 Å². The molecule has 0 aromatic carbocycles. The molecule has 0 radical (unpaired) electrons. The molecule has 0 spiro atoms. The van der Waals surface area contributed by atoms with Crippen LogP contribution in [-0.2, 0) is 6.54 Å². The molecule has 1 heterocycles. The second-order valence-electron chi connectivity index (χ2n) is 3.33. The van der Waals surface area contributed by atoms with Gasteiger partial charge in [0, 0.05) is 6.04 Å². The van der Waals surface area contributed by atoms with Gasteiger partial charge in [-0.1, -0.05) is 11.6 Å². The van der Waals surface area contributed by atoms with E-state index in [2.05, 4.69) is 22.1 Å². The summed E-state index contributed by atoms with van der Waals surface area (Å²) in [5, 5.41) is 3.57. The van der Waals surface area contributed by atoms with Crippen molar-refractivity contribution in [3.8, 4) is 0 Å². The Morgan fingerprint density at radius 3 is 3.00 bits per heavy atom. The number of nitrogens with zero attached hydrogens (tertiary/aromatic N) is 3. The van der Waals surface area contributed by atoms with Crippen LogP contribution in [0.4, 0.5) is 0 Å². The quantitative estimate of drug-likeness (QED) is 0.675. The fourth-order valence-electron chi connectivity index (χ4n) is 1.44. The molecule has 4 heteroatoms. The summed E-state index contributed by atoms with van der Waals surface area (Å²) < 4.78 is 4.92. The SMILES string of the molecule is CN(Cc1ncno1)C1CCC1. The maximum atomic E-state index is 4.92. The Balaban J connectivity index is 1.86. The van der Waals surface area contributed by atoms with Gasteiger partial charge in [-0.05, 0) is 19.9 Å². The lowest BCUT2D eigenvalue weighted by molar-refractivity contribution is 0.137. The normalized spacial score (nSPS) is 18.2. The van der Waals surface area contributed by atoms with E-state index in [0.29, 0.717) is 5.89 Å². The maximum absolute atomic E-state index is 4.92. The van der Waals surface area contributed by atoms with E-state index in [1.54, 1.807) is 0 Å². The molecule has 12 heavy (non-hydrogen) atoms. The van der Waals surface area contributed by atoms with Crippen LogP contribution in [-0.4, -0.2) is 28.1 Å². The lowest BCUT2D eigenvalue weighted by Crippen LogP contribution is -2.36. The van der Waals surface area contributed by atoms with Gasteiger partial charge in [-0.2, -0.15) is 4.98 Å². The highest BCUT2D eigenvalue weighted by atomic mass is 16.5. The summed E-state index contributed by atoms with van der Waals surface area (Å²) >= 11 is 0. The van der Waals surface area contributed by atoms with Crippen molar-refractivity contribution in [2.45, 2.75) is 31.8 Å². The Morgan fingerprint density at radius 2 is 2.50 bits per heavy atom. The standard InChI is InChI=1S/C8H13N3O/c1-11(7-3-2-4-7)5-8-9-6-10-12-8/h6-7H,2-5H2,1H3. The second kappa shape index (κ2) is 3.23. The van der Waals surface area contributed by atoms with Crippen molar-refractivity contribution in [3.05, 3.63) is 12.2 Å². The molecule has 0 atom stereocenters. The summed E-state index contributed by atoms with van der Waals surface area (Å²) in [6.45, 7) is 0.782. The summed E-state index contributed by atoms with van der Waals surface area (Å²) in [5.41, 5.74) is 0. The molecule has 2 rings (SSSR count). The fraction of sp³-hybridized carbons (Fsp3) is 0.750. The highest BCUT2D eigenvalue weighted by Crippen LogP contribution is 2.24. The average molecular weight is 167 g/mol. The number of aromatic nitrogens is 2. The van der Waals surface area contributed by atoms with Crippen molar-refractivity contribution in [1.82, 2.24) is 15.0 Å². The summed E-state index contributed by atoms with van der Waals surface area (Å²) in [6.07, 6.45) is 5.43. The van der Waals surface area contributed by atoms with Crippen LogP contribution in [0.1, 0.15) is 25.2 Å². The van der Waals surface area contributed by atoms with Gasteiger partial charge < -0.3 is 4.52 Å². The van der Waals surface area contributed by atoms with Gasteiger partial charge in [0.15, 0.2) is 6.33 Å². The fourth-order valence-corrected chi connectivity index (χ4v) is 1.44. The summed E-state index contributed by atoms with van der Waals surface area (Å²) in [7, 11) is 2.11. The zero-order chi connectivity index (χ0) is 8.39. The van der Waals surface area contributed by atoms with Crippen LogP contribution in [0.5, 0.6) is 0 Å². The van der Waals surface area contributed by atoms with Crippen LogP contribution in [0.25, 0.3) is 0 Å². The van der Waals surface area contributed by atoms with E-state index >= 15 is 0 Å². The first-order valence-electron chi connectivity index (χ1n) is 4.32. The molecule has 0 bridgehead atoms. The highest BCUT2D eigenvalue weighted by molar-refractivity contribution is 4.81. The van der Waals surface area contributed by atoms with E-state index < -0.39 is 0 Å². The van der Waals surface area contributed by atoms with Crippen molar-refractivity contribution in [1.29, 1.82) is 0 Å². The molecular weight excluding hydrogens is 154 g/mol. The molecule has 1 aliphatic rings. The average Bonchev–Trinajstić information content (AvgIpc) is 2.34. The van der Waals surface area contributed by atoms with Crippen molar-refractivity contribution >= 4 is 0 Å². The molecule has 4 nitrogen and oxygen atoms in total. The Hall–Kier alpha value is -0.900.